The molecule has 2 N–H and O–H groups in total. The molecule has 0 unspecified atom stereocenters. The molecule has 1 aliphatic rings. The number of rotatable bonds is 4. The fraction of sp³-hybridized carbons (Fsp3) is 0.294. The lowest BCUT2D eigenvalue weighted by Crippen LogP contribution is -2.29. The summed E-state index contributed by atoms with van der Waals surface area (Å²) in [6.07, 6.45) is 4.02. The van der Waals surface area contributed by atoms with Gasteiger partial charge in [-0.3, -0.25) is 9.89 Å². The van der Waals surface area contributed by atoms with Gasteiger partial charge in [-0.2, -0.15) is 10.2 Å². The number of H-pyrrole nitrogens is 1. The van der Waals surface area contributed by atoms with E-state index in [1.807, 2.05) is 31.3 Å². The van der Waals surface area contributed by atoms with Crippen molar-refractivity contribution >= 4 is 5.91 Å². The smallest absolute Gasteiger partial charge is 0.272 e. The lowest BCUT2D eigenvalue weighted by Gasteiger charge is -2.22. The molecular formula is C17H19N7O. The third kappa shape index (κ3) is 3.03. The van der Waals surface area contributed by atoms with Crippen LogP contribution in [0, 0.1) is 0 Å². The van der Waals surface area contributed by atoms with Gasteiger partial charge in [0.05, 0.1) is 5.69 Å². The fourth-order valence-electron chi connectivity index (χ4n) is 3.09. The Bertz CT molecular complexity index is 884. The minimum Gasteiger partial charge on any atom is -0.346 e. The summed E-state index contributed by atoms with van der Waals surface area (Å²) in [5, 5.41) is 14.4. The molecule has 25 heavy (non-hydrogen) atoms. The van der Waals surface area contributed by atoms with Gasteiger partial charge in [-0.1, -0.05) is 18.2 Å². The highest BCUT2D eigenvalue weighted by atomic mass is 16.1. The van der Waals surface area contributed by atoms with E-state index in [9.17, 15) is 4.79 Å². The van der Waals surface area contributed by atoms with Crippen LogP contribution in [-0.4, -0.2) is 49.4 Å². The Morgan fingerprint density at radius 2 is 2.24 bits per heavy atom. The van der Waals surface area contributed by atoms with Gasteiger partial charge in [0.2, 0.25) is 0 Å². The van der Waals surface area contributed by atoms with Crippen LogP contribution in [0.4, 0.5) is 0 Å². The van der Waals surface area contributed by atoms with Crippen molar-refractivity contribution < 1.29 is 4.79 Å². The summed E-state index contributed by atoms with van der Waals surface area (Å²) >= 11 is 0. The van der Waals surface area contributed by atoms with Gasteiger partial charge in [-0.25, -0.2) is 9.67 Å². The molecule has 3 heterocycles. The molecule has 0 saturated carbocycles. The van der Waals surface area contributed by atoms with Crippen LogP contribution in [0.1, 0.15) is 27.3 Å². The van der Waals surface area contributed by atoms with Gasteiger partial charge in [0.1, 0.15) is 12.7 Å². The molecule has 128 valence electrons. The van der Waals surface area contributed by atoms with E-state index in [2.05, 4.69) is 30.5 Å². The number of amides is 1. The first-order valence-electron chi connectivity index (χ1n) is 8.18. The van der Waals surface area contributed by atoms with Gasteiger partial charge in [0.25, 0.3) is 5.91 Å². The Kier molecular flexibility index (Phi) is 4.02. The third-order valence-corrected chi connectivity index (χ3v) is 4.44. The van der Waals surface area contributed by atoms with Crippen LogP contribution in [-0.2, 0) is 19.5 Å². The average molecular weight is 337 g/mol. The van der Waals surface area contributed by atoms with E-state index < -0.39 is 0 Å². The van der Waals surface area contributed by atoms with Crippen LogP contribution in [0.2, 0.25) is 0 Å². The van der Waals surface area contributed by atoms with Crippen molar-refractivity contribution in [2.24, 2.45) is 0 Å². The Morgan fingerprint density at radius 1 is 1.36 bits per heavy atom. The number of benzene rings is 1. The van der Waals surface area contributed by atoms with Crippen molar-refractivity contribution in [3.05, 3.63) is 59.4 Å². The summed E-state index contributed by atoms with van der Waals surface area (Å²) in [6, 6.07) is 7.78. The van der Waals surface area contributed by atoms with E-state index in [0.29, 0.717) is 12.2 Å². The highest BCUT2D eigenvalue weighted by Gasteiger charge is 2.23. The molecule has 0 spiro atoms. The normalized spacial score (nSPS) is 14.3. The van der Waals surface area contributed by atoms with Gasteiger partial charge < -0.3 is 10.2 Å². The largest absolute Gasteiger partial charge is 0.346 e. The van der Waals surface area contributed by atoms with Gasteiger partial charge in [0, 0.05) is 37.3 Å². The second-order valence-electron chi connectivity index (χ2n) is 6.17. The molecule has 0 atom stereocenters. The summed E-state index contributed by atoms with van der Waals surface area (Å²) in [6.45, 7) is 2.11. The Hall–Kier alpha value is -3.00. The molecule has 2 aromatic heterocycles. The molecule has 1 amide bonds. The van der Waals surface area contributed by atoms with E-state index in [4.69, 9.17) is 0 Å². The van der Waals surface area contributed by atoms with E-state index in [1.54, 1.807) is 11.0 Å². The van der Waals surface area contributed by atoms with Gasteiger partial charge >= 0.3 is 0 Å². The fourth-order valence-corrected chi connectivity index (χ4v) is 3.09. The SMILES string of the molecule is CN1CCc2[nH]nc(C(=O)NCc3ccccc3-n3cncn3)c2C1. The van der Waals surface area contributed by atoms with Crippen LogP contribution in [0.5, 0.6) is 0 Å². The number of fused-ring (bicyclic) bond motifs is 1. The molecule has 8 heteroatoms. The molecule has 0 aliphatic carbocycles. The summed E-state index contributed by atoms with van der Waals surface area (Å²) in [5.41, 5.74) is 4.40. The maximum atomic E-state index is 12.6. The quantitative estimate of drug-likeness (QED) is 0.738. The van der Waals surface area contributed by atoms with E-state index in [0.717, 1.165) is 42.0 Å². The molecular weight excluding hydrogens is 318 g/mol. The molecule has 0 fully saturated rings. The van der Waals surface area contributed by atoms with Crippen LogP contribution in [0.3, 0.4) is 0 Å². The van der Waals surface area contributed by atoms with Crippen LogP contribution >= 0.6 is 0 Å². The summed E-state index contributed by atoms with van der Waals surface area (Å²) in [5.74, 6) is -0.166. The van der Waals surface area contributed by atoms with Crippen molar-refractivity contribution in [3.63, 3.8) is 0 Å². The second kappa shape index (κ2) is 6.48. The Morgan fingerprint density at radius 3 is 3.08 bits per heavy atom. The molecule has 0 saturated heterocycles. The number of carbonyl (C=O) groups excluding carboxylic acids is 1. The topological polar surface area (TPSA) is 91.7 Å². The van der Waals surface area contributed by atoms with Crippen LogP contribution in [0.25, 0.3) is 5.69 Å². The third-order valence-electron chi connectivity index (χ3n) is 4.44. The first-order chi connectivity index (χ1) is 12.2. The molecule has 8 nitrogen and oxygen atoms in total. The number of nitrogens with one attached hydrogen (secondary N) is 2. The minimum atomic E-state index is -0.166. The number of para-hydroxylation sites is 1. The van der Waals surface area contributed by atoms with Crippen molar-refractivity contribution in [1.82, 2.24) is 35.2 Å². The van der Waals surface area contributed by atoms with Gasteiger partial charge in [0.15, 0.2) is 5.69 Å². The minimum absolute atomic E-state index is 0.166. The lowest BCUT2D eigenvalue weighted by molar-refractivity contribution is 0.0944. The first-order valence-corrected chi connectivity index (χ1v) is 8.18. The van der Waals surface area contributed by atoms with Crippen molar-refractivity contribution in [2.45, 2.75) is 19.5 Å². The monoisotopic (exact) mass is 337 g/mol. The molecule has 3 aromatic rings. The van der Waals surface area contributed by atoms with E-state index >= 15 is 0 Å². The zero-order chi connectivity index (χ0) is 17.2. The number of nitrogens with zero attached hydrogens (tertiary/aromatic N) is 5. The number of hydrogen-bond acceptors (Lipinski definition) is 5. The van der Waals surface area contributed by atoms with Crippen LogP contribution in [0.15, 0.2) is 36.9 Å². The maximum absolute atomic E-state index is 12.6. The van der Waals surface area contributed by atoms with E-state index in [-0.39, 0.29) is 5.91 Å². The Balaban J connectivity index is 1.51. The highest BCUT2D eigenvalue weighted by Crippen LogP contribution is 2.19. The number of aromatic amines is 1. The van der Waals surface area contributed by atoms with Crippen LogP contribution < -0.4 is 5.32 Å². The maximum Gasteiger partial charge on any atom is 0.272 e. The van der Waals surface area contributed by atoms with Gasteiger partial charge in [-0.05, 0) is 18.7 Å². The van der Waals surface area contributed by atoms with E-state index in [1.165, 1.54) is 6.33 Å². The predicted molar refractivity (Wildman–Crippen MR) is 91.2 cm³/mol. The first kappa shape index (κ1) is 15.5. The predicted octanol–water partition coefficient (Wildman–Crippen LogP) is 0.908. The van der Waals surface area contributed by atoms with Crippen molar-refractivity contribution in [3.8, 4) is 5.69 Å². The molecule has 0 bridgehead atoms. The summed E-state index contributed by atoms with van der Waals surface area (Å²) in [4.78, 5) is 18.8. The van der Waals surface area contributed by atoms with Gasteiger partial charge in [-0.15, -0.1) is 0 Å². The highest BCUT2D eigenvalue weighted by molar-refractivity contribution is 5.94. The zero-order valence-corrected chi connectivity index (χ0v) is 13.9. The van der Waals surface area contributed by atoms with Crippen molar-refractivity contribution in [2.75, 3.05) is 13.6 Å². The standard InChI is InChI=1S/C17H19N7O/c1-23-7-6-14-13(9-23)16(22-21-14)17(25)19-8-12-4-2-3-5-15(12)24-11-18-10-20-24/h2-5,10-11H,6-9H2,1H3,(H,19,25)(H,21,22). The number of hydrogen-bond donors (Lipinski definition) is 2. The lowest BCUT2D eigenvalue weighted by atomic mass is 10.1. The Labute approximate surface area is 144 Å². The number of aromatic nitrogens is 5. The average Bonchev–Trinajstić information content (AvgIpc) is 3.29. The molecule has 1 aromatic carbocycles. The molecule has 0 radical (unpaired) electrons. The number of likely N-dealkylation sites (N-methyl/N-ethyl adjacent to an activating group) is 1. The van der Waals surface area contributed by atoms with Crippen molar-refractivity contribution in [1.29, 1.82) is 0 Å². The molecule has 4 rings (SSSR count). The molecule has 1 aliphatic heterocycles. The summed E-state index contributed by atoms with van der Waals surface area (Å²) < 4.78 is 1.69. The summed E-state index contributed by atoms with van der Waals surface area (Å²) in [7, 11) is 2.05. The number of carbonyl (C=O) groups is 1. The zero-order valence-electron chi connectivity index (χ0n) is 13.9. The second-order valence-corrected chi connectivity index (χ2v) is 6.17.